The third-order valence-corrected chi connectivity index (χ3v) is 7.20. The molecule has 0 saturated carbocycles. The number of aromatic nitrogens is 2. The first kappa shape index (κ1) is 34.8. The number of piperazine rings is 1. The summed E-state index contributed by atoms with van der Waals surface area (Å²) in [4.78, 5) is 33.0. The third kappa shape index (κ3) is 9.73. The number of hydrogen-bond donors (Lipinski definition) is 4. The Hall–Kier alpha value is -5.03. The van der Waals surface area contributed by atoms with Crippen molar-refractivity contribution in [3.63, 3.8) is 0 Å². The molecule has 4 N–H and O–H groups in total. The molecule has 11 nitrogen and oxygen atoms in total. The number of carbonyl (C=O) groups excluding carboxylic acids is 1. The van der Waals surface area contributed by atoms with Gasteiger partial charge in [-0.25, -0.2) is 14.2 Å². The minimum absolute atomic E-state index is 0.151. The second kappa shape index (κ2) is 14.6. The van der Waals surface area contributed by atoms with Gasteiger partial charge in [-0.05, 0) is 69.3 Å². The van der Waals surface area contributed by atoms with Gasteiger partial charge in [0.2, 0.25) is 0 Å². The molecule has 3 aromatic carbocycles. The van der Waals surface area contributed by atoms with E-state index in [1.54, 1.807) is 18.2 Å². The Labute approximate surface area is 262 Å². The molecule has 3 heterocycles. The number of alkyl halides is 6. The monoisotopic (exact) mass is 667 g/mol. The SMILES string of the molecule is O=C(NCc1cccc(-c2cccc(CN3C[C@@H]4C[C@H]3CN4)c2)c1)c1ccc2nonc2c1.O=C(O)C(F)(F)F.O=C(O)C(F)(F)F. The highest BCUT2D eigenvalue weighted by atomic mass is 19.4. The van der Waals surface area contributed by atoms with Gasteiger partial charge in [-0.2, -0.15) is 26.3 Å². The zero-order chi connectivity index (χ0) is 34.4. The summed E-state index contributed by atoms with van der Waals surface area (Å²) in [5.41, 5.74) is 6.50. The molecular formula is C30H27F6N5O6. The van der Waals surface area contributed by atoms with E-state index in [-0.39, 0.29) is 5.91 Å². The van der Waals surface area contributed by atoms with Crippen LogP contribution in [0.15, 0.2) is 71.4 Å². The fourth-order valence-electron chi connectivity index (χ4n) is 4.99. The van der Waals surface area contributed by atoms with E-state index in [9.17, 15) is 31.1 Å². The highest BCUT2D eigenvalue weighted by Gasteiger charge is 2.39. The standard InChI is InChI=1S/C26H25N5O2.2C2HF3O2/c32-26(21-7-8-24-25(11-21)30-33-29-24)28-13-17-3-1-5-19(9-17)20-6-2-4-18(10-20)15-31-16-22-12-23(31)14-27-22;2*3-2(4,5)1(6)7/h1-11,22-23,27H,12-16H2,(H,28,32);2*(H,6,7)/t22-,23-;;/m0../s1. The van der Waals surface area contributed by atoms with Crippen molar-refractivity contribution in [2.75, 3.05) is 13.1 Å². The Balaban J connectivity index is 0.000000301. The molecule has 4 aromatic rings. The van der Waals surface area contributed by atoms with Crippen LogP contribution < -0.4 is 10.6 Å². The smallest absolute Gasteiger partial charge is 0.475 e. The van der Waals surface area contributed by atoms with Crippen molar-refractivity contribution in [2.45, 2.75) is 43.9 Å². The number of rotatable bonds is 6. The lowest BCUT2D eigenvalue weighted by atomic mass is 10.0. The van der Waals surface area contributed by atoms with Gasteiger partial charge in [0.05, 0.1) is 0 Å². The molecule has 2 aliphatic heterocycles. The number of benzene rings is 3. The van der Waals surface area contributed by atoms with E-state index < -0.39 is 24.3 Å². The second-order valence-corrected chi connectivity index (χ2v) is 10.6. The van der Waals surface area contributed by atoms with Gasteiger partial charge < -0.3 is 20.8 Å². The highest BCUT2D eigenvalue weighted by Crippen LogP contribution is 2.27. The average molecular weight is 668 g/mol. The quantitative estimate of drug-likeness (QED) is 0.214. The number of amides is 1. The summed E-state index contributed by atoms with van der Waals surface area (Å²) in [6.45, 7) is 3.70. The first-order valence-corrected chi connectivity index (χ1v) is 13.9. The first-order chi connectivity index (χ1) is 22.1. The van der Waals surface area contributed by atoms with Crippen LogP contribution in [0.2, 0.25) is 0 Å². The van der Waals surface area contributed by atoms with Gasteiger partial charge in [-0.15, -0.1) is 0 Å². The van der Waals surface area contributed by atoms with Gasteiger partial charge in [0.15, 0.2) is 0 Å². The zero-order valence-corrected chi connectivity index (χ0v) is 24.2. The molecule has 17 heteroatoms. The summed E-state index contributed by atoms with van der Waals surface area (Å²) in [7, 11) is 0. The van der Waals surface area contributed by atoms with E-state index in [0.29, 0.717) is 35.2 Å². The highest BCUT2D eigenvalue weighted by molar-refractivity contribution is 5.97. The molecule has 0 aliphatic carbocycles. The van der Waals surface area contributed by atoms with Crippen LogP contribution in [0.1, 0.15) is 27.9 Å². The van der Waals surface area contributed by atoms with E-state index in [1.165, 1.54) is 17.5 Å². The Kier molecular flexibility index (Phi) is 10.8. The largest absolute Gasteiger partial charge is 0.490 e. The predicted molar refractivity (Wildman–Crippen MR) is 153 cm³/mol. The number of halogens is 6. The molecule has 2 fully saturated rings. The topological polar surface area (TPSA) is 158 Å². The maximum atomic E-state index is 12.6. The van der Waals surface area contributed by atoms with Crippen molar-refractivity contribution in [1.82, 2.24) is 25.8 Å². The van der Waals surface area contributed by atoms with E-state index >= 15 is 0 Å². The number of likely N-dealkylation sites (tertiary alicyclic amines) is 1. The van der Waals surface area contributed by atoms with Crippen molar-refractivity contribution in [3.8, 4) is 11.1 Å². The van der Waals surface area contributed by atoms with Gasteiger partial charge in [-0.3, -0.25) is 9.69 Å². The number of fused-ring (bicyclic) bond motifs is 3. The number of aliphatic carboxylic acids is 2. The molecule has 0 radical (unpaired) electrons. The van der Waals surface area contributed by atoms with Crippen molar-refractivity contribution in [2.24, 2.45) is 0 Å². The van der Waals surface area contributed by atoms with Gasteiger partial charge >= 0.3 is 24.3 Å². The molecular weight excluding hydrogens is 640 g/mol. The summed E-state index contributed by atoms with van der Waals surface area (Å²) in [6, 6.07) is 23.6. The molecule has 0 unspecified atom stereocenters. The molecule has 2 atom stereocenters. The lowest BCUT2D eigenvalue weighted by molar-refractivity contribution is -0.193. The lowest BCUT2D eigenvalue weighted by Crippen LogP contribution is -2.42. The molecule has 2 bridgehead atoms. The summed E-state index contributed by atoms with van der Waals surface area (Å²) in [5.74, 6) is -5.67. The number of hydrogen-bond acceptors (Lipinski definition) is 8. The van der Waals surface area contributed by atoms with E-state index in [2.05, 4.69) is 62.2 Å². The Bertz CT molecular complexity index is 1700. The summed E-state index contributed by atoms with van der Waals surface area (Å²) >= 11 is 0. The summed E-state index contributed by atoms with van der Waals surface area (Å²) in [6.07, 6.45) is -8.89. The minimum Gasteiger partial charge on any atom is -0.475 e. The Morgan fingerprint density at radius 2 is 1.43 bits per heavy atom. The van der Waals surface area contributed by atoms with Crippen LogP contribution in [-0.2, 0) is 22.7 Å². The van der Waals surface area contributed by atoms with Crippen LogP contribution in [0.3, 0.4) is 0 Å². The normalized spacial score (nSPS) is 17.3. The van der Waals surface area contributed by atoms with Gasteiger partial charge in [0.25, 0.3) is 5.91 Å². The van der Waals surface area contributed by atoms with Crippen molar-refractivity contribution >= 4 is 28.9 Å². The maximum absolute atomic E-state index is 12.6. The summed E-state index contributed by atoms with van der Waals surface area (Å²) in [5, 5.41) is 28.4. The molecule has 6 rings (SSSR count). The van der Waals surface area contributed by atoms with Gasteiger partial charge in [0, 0.05) is 43.8 Å². The molecule has 1 amide bonds. The molecule has 1 aromatic heterocycles. The lowest BCUT2D eigenvalue weighted by Gasteiger charge is -2.27. The fraction of sp³-hybridized carbons (Fsp3) is 0.300. The number of carboxylic acid groups (broad SMARTS) is 2. The summed E-state index contributed by atoms with van der Waals surface area (Å²) < 4.78 is 68.2. The molecule has 0 spiro atoms. The Morgan fingerprint density at radius 1 is 0.851 bits per heavy atom. The molecule has 2 saturated heterocycles. The van der Waals surface area contributed by atoms with Crippen LogP contribution in [0.5, 0.6) is 0 Å². The van der Waals surface area contributed by atoms with E-state index in [4.69, 9.17) is 24.4 Å². The first-order valence-electron chi connectivity index (χ1n) is 13.9. The van der Waals surface area contributed by atoms with Gasteiger partial charge in [-0.1, -0.05) is 36.4 Å². The van der Waals surface area contributed by atoms with E-state index in [0.717, 1.165) is 30.8 Å². The van der Waals surface area contributed by atoms with Crippen LogP contribution in [0.25, 0.3) is 22.2 Å². The molecule has 250 valence electrons. The molecule has 47 heavy (non-hydrogen) atoms. The van der Waals surface area contributed by atoms with Crippen LogP contribution in [0, 0.1) is 0 Å². The average Bonchev–Trinajstić information content (AvgIpc) is 3.77. The molecule has 2 aliphatic rings. The maximum Gasteiger partial charge on any atom is 0.490 e. The van der Waals surface area contributed by atoms with Crippen LogP contribution in [0.4, 0.5) is 26.3 Å². The van der Waals surface area contributed by atoms with E-state index in [1.807, 2.05) is 12.1 Å². The van der Waals surface area contributed by atoms with Gasteiger partial charge in [0.1, 0.15) is 11.0 Å². The van der Waals surface area contributed by atoms with Crippen molar-refractivity contribution in [3.05, 3.63) is 83.4 Å². The Morgan fingerprint density at radius 3 is 1.98 bits per heavy atom. The number of carboxylic acids is 2. The number of carbonyl (C=O) groups is 3. The predicted octanol–water partition coefficient (Wildman–Crippen LogP) is 4.63. The van der Waals surface area contributed by atoms with Crippen LogP contribution >= 0.6 is 0 Å². The zero-order valence-electron chi connectivity index (χ0n) is 24.2. The van der Waals surface area contributed by atoms with Crippen molar-refractivity contribution < 1.29 is 55.6 Å². The third-order valence-electron chi connectivity index (χ3n) is 7.20. The van der Waals surface area contributed by atoms with Crippen molar-refractivity contribution in [1.29, 1.82) is 0 Å². The van der Waals surface area contributed by atoms with Crippen LogP contribution in [-0.4, -0.2) is 80.8 Å². The fourth-order valence-corrected chi connectivity index (χ4v) is 4.99. The minimum atomic E-state index is -5.08. The number of nitrogens with zero attached hydrogens (tertiary/aromatic N) is 3. The number of nitrogens with one attached hydrogen (secondary N) is 2. The second-order valence-electron chi connectivity index (χ2n) is 10.6.